The van der Waals surface area contributed by atoms with Gasteiger partial charge in [0, 0.05) is 33.9 Å². The first-order valence-electron chi connectivity index (χ1n) is 7.21. The number of fused-ring (bicyclic) bond motifs is 3. The van der Waals surface area contributed by atoms with E-state index in [-0.39, 0.29) is 5.75 Å². The van der Waals surface area contributed by atoms with E-state index in [0.29, 0.717) is 23.9 Å². The summed E-state index contributed by atoms with van der Waals surface area (Å²) in [6.07, 6.45) is -0.524. The van der Waals surface area contributed by atoms with Crippen LogP contribution in [0, 0.1) is 5.82 Å². The molecule has 0 aliphatic heterocycles. The summed E-state index contributed by atoms with van der Waals surface area (Å²) in [4.78, 5) is 13.7. The summed E-state index contributed by atoms with van der Waals surface area (Å²) in [5, 5.41) is 3.86. The molecule has 3 aromatic rings. The van der Waals surface area contributed by atoms with E-state index in [0.717, 1.165) is 10.1 Å². The third-order valence-corrected chi connectivity index (χ3v) is 4.68. The highest BCUT2D eigenvalue weighted by molar-refractivity contribution is 7.18. The summed E-state index contributed by atoms with van der Waals surface area (Å²) in [5.74, 6) is -0.464. The molecule has 0 N–H and O–H groups in total. The summed E-state index contributed by atoms with van der Waals surface area (Å²) in [7, 11) is 0. The molecule has 0 saturated carbocycles. The van der Waals surface area contributed by atoms with Gasteiger partial charge in [-0.05, 0) is 25.3 Å². The fourth-order valence-corrected chi connectivity index (χ4v) is 3.47. The second kappa shape index (κ2) is 5.93. The predicted octanol–water partition coefficient (Wildman–Crippen LogP) is 5.03. The minimum atomic E-state index is -0.524. The highest BCUT2D eigenvalue weighted by atomic mass is 32.1. The molecule has 0 spiro atoms. The van der Waals surface area contributed by atoms with Crippen LogP contribution in [0.15, 0.2) is 35.7 Å². The van der Waals surface area contributed by atoms with Crippen molar-refractivity contribution in [1.82, 2.24) is 4.90 Å². The van der Waals surface area contributed by atoms with Crippen LogP contribution in [0.25, 0.3) is 20.9 Å². The Labute approximate surface area is 131 Å². The van der Waals surface area contributed by atoms with Crippen LogP contribution in [0.4, 0.5) is 9.18 Å². The second-order valence-corrected chi connectivity index (χ2v) is 5.81. The Morgan fingerprint density at radius 2 is 1.82 bits per heavy atom. The van der Waals surface area contributed by atoms with Crippen molar-refractivity contribution < 1.29 is 13.9 Å². The molecule has 1 aromatic heterocycles. The van der Waals surface area contributed by atoms with Gasteiger partial charge in [0.25, 0.3) is 0 Å². The summed E-state index contributed by atoms with van der Waals surface area (Å²) in [6, 6.07) is 9.13. The lowest BCUT2D eigenvalue weighted by Crippen LogP contribution is -2.33. The lowest BCUT2D eigenvalue weighted by atomic mass is 10.1. The van der Waals surface area contributed by atoms with Crippen LogP contribution < -0.4 is 4.74 Å². The molecule has 22 heavy (non-hydrogen) atoms. The average Bonchev–Trinajstić information content (AvgIpc) is 3.02. The Balaban J connectivity index is 2.18. The van der Waals surface area contributed by atoms with Crippen molar-refractivity contribution in [3.05, 3.63) is 41.5 Å². The molecule has 3 rings (SSSR count). The summed E-state index contributed by atoms with van der Waals surface area (Å²) in [6.45, 7) is 4.77. The monoisotopic (exact) mass is 317 g/mol. The molecular formula is C17H16FNO2S. The van der Waals surface area contributed by atoms with Gasteiger partial charge in [-0.15, -0.1) is 11.3 Å². The van der Waals surface area contributed by atoms with Gasteiger partial charge < -0.3 is 9.64 Å². The van der Waals surface area contributed by atoms with Crippen molar-refractivity contribution in [3.63, 3.8) is 0 Å². The standard InChI is InChI=1S/C17H16FNO2S/c1-3-19(4-2)17(20)21-15-11-7-5-6-8-12(11)16-13(14(15)18)9-10-22-16/h5-10H,3-4H2,1-2H3. The highest BCUT2D eigenvalue weighted by Gasteiger charge is 2.20. The molecule has 0 fully saturated rings. The van der Waals surface area contributed by atoms with Gasteiger partial charge in [-0.3, -0.25) is 0 Å². The molecule has 0 radical (unpaired) electrons. The fourth-order valence-electron chi connectivity index (χ4n) is 2.54. The molecule has 0 aliphatic rings. The molecule has 2 aromatic carbocycles. The second-order valence-electron chi connectivity index (χ2n) is 4.89. The number of thiophene rings is 1. The molecule has 0 bridgehead atoms. The first-order chi connectivity index (χ1) is 10.7. The van der Waals surface area contributed by atoms with E-state index in [1.165, 1.54) is 16.2 Å². The van der Waals surface area contributed by atoms with Crippen LogP contribution in [-0.4, -0.2) is 24.1 Å². The van der Waals surface area contributed by atoms with Gasteiger partial charge in [-0.1, -0.05) is 24.3 Å². The number of nitrogens with zero attached hydrogens (tertiary/aromatic N) is 1. The molecule has 0 saturated heterocycles. The van der Waals surface area contributed by atoms with Crippen LogP contribution in [0.1, 0.15) is 13.8 Å². The smallest absolute Gasteiger partial charge is 0.406 e. The van der Waals surface area contributed by atoms with Crippen LogP contribution in [0.5, 0.6) is 5.75 Å². The maximum Gasteiger partial charge on any atom is 0.415 e. The maximum absolute atomic E-state index is 14.8. The van der Waals surface area contributed by atoms with Crippen LogP contribution in [-0.2, 0) is 0 Å². The third kappa shape index (κ3) is 2.31. The van der Waals surface area contributed by atoms with E-state index < -0.39 is 11.9 Å². The van der Waals surface area contributed by atoms with Crippen molar-refractivity contribution in [2.75, 3.05) is 13.1 Å². The zero-order valence-electron chi connectivity index (χ0n) is 12.4. The lowest BCUT2D eigenvalue weighted by molar-refractivity contribution is 0.156. The first-order valence-corrected chi connectivity index (χ1v) is 8.09. The highest BCUT2D eigenvalue weighted by Crippen LogP contribution is 2.39. The first kappa shape index (κ1) is 14.8. The van der Waals surface area contributed by atoms with Crippen molar-refractivity contribution in [2.24, 2.45) is 0 Å². The van der Waals surface area contributed by atoms with Crippen LogP contribution >= 0.6 is 11.3 Å². The van der Waals surface area contributed by atoms with Gasteiger partial charge >= 0.3 is 6.09 Å². The number of rotatable bonds is 3. The van der Waals surface area contributed by atoms with E-state index >= 15 is 0 Å². The minimum Gasteiger partial charge on any atom is -0.406 e. The number of halogens is 1. The van der Waals surface area contributed by atoms with Crippen LogP contribution in [0.2, 0.25) is 0 Å². The van der Waals surface area contributed by atoms with Crippen molar-refractivity contribution in [2.45, 2.75) is 13.8 Å². The van der Waals surface area contributed by atoms with Gasteiger partial charge in [-0.25, -0.2) is 9.18 Å². The third-order valence-electron chi connectivity index (χ3n) is 3.73. The molecule has 5 heteroatoms. The Morgan fingerprint density at radius 1 is 1.14 bits per heavy atom. The number of carbonyl (C=O) groups is 1. The van der Waals surface area contributed by atoms with Crippen molar-refractivity contribution in [1.29, 1.82) is 0 Å². The van der Waals surface area contributed by atoms with E-state index in [2.05, 4.69) is 0 Å². The fraction of sp³-hybridized carbons (Fsp3) is 0.235. The number of ether oxygens (including phenoxy) is 1. The van der Waals surface area contributed by atoms with Crippen LogP contribution in [0.3, 0.4) is 0 Å². The summed E-state index contributed by atoms with van der Waals surface area (Å²) < 4.78 is 21.0. The zero-order chi connectivity index (χ0) is 15.7. The molecule has 3 nitrogen and oxygen atoms in total. The number of carbonyl (C=O) groups excluding carboxylic acids is 1. The Bertz CT molecular complexity index is 839. The maximum atomic E-state index is 14.8. The van der Waals surface area contributed by atoms with Gasteiger partial charge in [0.1, 0.15) is 0 Å². The molecule has 114 valence electrons. The Morgan fingerprint density at radius 3 is 2.50 bits per heavy atom. The quantitative estimate of drug-likeness (QED) is 0.677. The van der Waals surface area contributed by atoms with Crippen molar-refractivity contribution >= 4 is 38.3 Å². The molecule has 1 amide bonds. The van der Waals surface area contributed by atoms with Gasteiger partial charge in [0.05, 0.1) is 0 Å². The number of hydrogen-bond acceptors (Lipinski definition) is 3. The number of amides is 1. The largest absolute Gasteiger partial charge is 0.415 e. The average molecular weight is 317 g/mol. The predicted molar refractivity (Wildman–Crippen MR) is 88.2 cm³/mol. The molecule has 0 atom stereocenters. The molecular weight excluding hydrogens is 301 g/mol. The normalized spacial score (nSPS) is 11.0. The molecule has 0 unspecified atom stereocenters. The summed E-state index contributed by atoms with van der Waals surface area (Å²) in [5.41, 5.74) is 0. The van der Waals surface area contributed by atoms with E-state index in [9.17, 15) is 9.18 Å². The number of benzene rings is 2. The van der Waals surface area contributed by atoms with E-state index in [1.54, 1.807) is 12.1 Å². The molecule has 1 heterocycles. The summed E-state index contributed by atoms with van der Waals surface area (Å²) >= 11 is 1.48. The topological polar surface area (TPSA) is 29.5 Å². The van der Waals surface area contributed by atoms with Crippen molar-refractivity contribution in [3.8, 4) is 5.75 Å². The van der Waals surface area contributed by atoms with E-state index in [1.807, 2.05) is 37.4 Å². The minimum absolute atomic E-state index is 0.0124. The molecule has 0 aliphatic carbocycles. The Hall–Kier alpha value is -2.14. The van der Waals surface area contributed by atoms with Gasteiger partial charge in [0.2, 0.25) is 0 Å². The van der Waals surface area contributed by atoms with Gasteiger partial charge in [0.15, 0.2) is 11.6 Å². The number of hydrogen-bond donors (Lipinski definition) is 0. The Kier molecular flexibility index (Phi) is 3.98. The SMILES string of the molecule is CCN(CC)C(=O)Oc1c(F)c2ccsc2c2ccccc12. The zero-order valence-corrected chi connectivity index (χ0v) is 13.2. The lowest BCUT2D eigenvalue weighted by Gasteiger charge is -2.19. The van der Waals surface area contributed by atoms with E-state index in [4.69, 9.17) is 4.74 Å². The van der Waals surface area contributed by atoms with Gasteiger partial charge in [-0.2, -0.15) is 0 Å².